The van der Waals surface area contributed by atoms with Gasteiger partial charge < -0.3 is 19.7 Å². The molecule has 5 rings (SSSR count). The van der Waals surface area contributed by atoms with E-state index in [1.807, 2.05) is 53.4 Å². The van der Waals surface area contributed by atoms with Crippen LogP contribution in [0.3, 0.4) is 0 Å². The predicted octanol–water partition coefficient (Wildman–Crippen LogP) is 3.66. The van der Waals surface area contributed by atoms with Crippen molar-refractivity contribution < 1.29 is 14.3 Å². The highest BCUT2D eigenvalue weighted by Gasteiger charge is 2.24. The van der Waals surface area contributed by atoms with Crippen molar-refractivity contribution in [3.05, 3.63) is 70.8 Å². The van der Waals surface area contributed by atoms with Crippen LogP contribution in [0.25, 0.3) is 22.3 Å². The number of nitrogens with zero attached hydrogens (tertiary/aromatic N) is 3. The maximum absolute atomic E-state index is 13.3. The van der Waals surface area contributed by atoms with Gasteiger partial charge in [0.25, 0.3) is 5.91 Å². The second-order valence-corrected chi connectivity index (χ2v) is 8.97. The number of hydrogen-bond donors (Lipinski definition) is 2. The summed E-state index contributed by atoms with van der Waals surface area (Å²) in [6.45, 7) is 1.33. The first-order chi connectivity index (χ1) is 17.4. The van der Waals surface area contributed by atoms with Gasteiger partial charge in [-0.3, -0.25) is 14.3 Å². The number of carbonyl (C=O) groups excluding carboxylic acids is 1. The van der Waals surface area contributed by atoms with Crippen LogP contribution in [-0.4, -0.2) is 58.7 Å². The summed E-state index contributed by atoms with van der Waals surface area (Å²) in [6.07, 6.45) is 3.40. The number of aryl methyl sites for hydroxylation is 1. The molecule has 2 aromatic heterocycles. The SMILES string of the molecule is COc1cc(NC2CCN(C(=O)c3cccc(-c4cnc5[nH]c(=O)n(C)c5c4)c3)CC2)cc(OC)c1. The number of methoxy groups -OCH3 is 2. The van der Waals surface area contributed by atoms with Crippen molar-refractivity contribution in [2.24, 2.45) is 7.05 Å². The maximum atomic E-state index is 13.3. The summed E-state index contributed by atoms with van der Waals surface area (Å²) in [4.78, 5) is 34.2. The third-order valence-electron chi connectivity index (χ3n) is 6.71. The number of piperidine rings is 1. The lowest BCUT2D eigenvalue weighted by atomic mass is 10.0. The molecule has 4 aromatic rings. The van der Waals surface area contributed by atoms with E-state index in [4.69, 9.17) is 9.47 Å². The van der Waals surface area contributed by atoms with Gasteiger partial charge in [0.05, 0.1) is 19.7 Å². The van der Waals surface area contributed by atoms with E-state index in [0.717, 1.165) is 46.7 Å². The first-order valence-corrected chi connectivity index (χ1v) is 11.9. The van der Waals surface area contributed by atoms with E-state index in [1.165, 1.54) is 4.57 Å². The predicted molar refractivity (Wildman–Crippen MR) is 139 cm³/mol. The molecule has 1 fully saturated rings. The summed E-state index contributed by atoms with van der Waals surface area (Å²) in [6, 6.07) is 15.5. The topological polar surface area (TPSA) is 101 Å². The van der Waals surface area contributed by atoms with Gasteiger partial charge in [0.1, 0.15) is 11.5 Å². The Hall–Kier alpha value is -4.27. The molecule has 0 radical (unpaired) electrons. The van der Waals surface area contributed by atoms with Crippen molar-refractivity contribution in [1.82, 2.24) is 19.4 Å². The number of nitrogens with one attached hydrogen (secondary N) is 2. The lowest BCUT2D eigenvalue weighted by molar-refractivity contribution is 0.0718. The molecule has 0 bridgehead atoms. The highest BCUT2D eigenvalue weighted by molar-refractivity contribution is 5.95. The minimum Gasteiger partial charge on any atom is -0.497 e. The van der Waals surface area contributed by atoms with Crippen LogP contribution in [0.1, 0.15) is 23.2 Å². The number of fused-ring (bicyclic) bond motifs is 1. The molecule has 1 aliphatic heterocycles. The number of carbonyl (C=O) groups is 1. The van der Waals surface area contributed by atoms with Crippen LogP contribution >= 0.6 is 0 Å². The van der Waals surface area contributed by atoms with Gasteiger partial charge in [0.2, 0.25) is 0 Å². The molecule has 0 atom stereocenters. The van der Waals surface area contributed by atoms with Crippen LogP contribution in [0.15, 0.2) is 59.5 Å². The zero-order valence-electron chi connectivity index (χ0n) is 20.6. The lowest BCUT2D eigenvalue weighted by Crippen LogP contribution is -2.42. The summed E-state index contributed by atoms with van der Waals surface area (Å²) >= 11 is 0. The van der Waals surface area contributed by atoms with E-state index in [1.54, 1.807) is 27.5 Å². The number of benzene rings is 2. The molecule has 9 nitrogen and oxygen atoms in total. The maximum Gasteiger partial charge on any atom is 0.327 e. The Balaban J connectivity index is 1.26. The number of likely N-dealkylation sites (tertiary alicyclic amines) is 1. The van der Waals surface area contributed by atoms with E-state index in [9.17, 15) is 9.59 Å². The average Bonchev–Trinajstić information content (AvgIpc) is 3.21. The van der Waals surface area contributed by atoms with Gasteiger partial charge in [-0.2, -0.15) is 0 Å². The number of pyridine rings is 1. The number of aromatic nitrogens is 3. The molecule has 9 heteroatoms. The highest BCUT2D eigenvalue weighted by atomic mass is 16.5. The lowest BCUT2D eigenvalue weighted by Gasteiger charge is -2.33. The van der Waals surface area contributed by atoms with Crippen LogP contribution in [-0.2, 0) is 7.05 Å². The molecule has 1 amide bonds. The Morgan fingerprint density at radius 2 is 1.75 bits per heavy atom. The van der Waals surface area contributed by atoms with Gasteiger partial charge in [0, 0.05) is 67.4 Å². The summed E-state index contributed by atoms with van der Waals surface area (Å²) < 4.78 is 12.2. The molecule has 186 valence electrons. The molecule has 0 unspecified atom stereocenters. The Morgan fingerprint density at radius 1 is 1.03 bits per heavy atom. The molecule has 2 N–H and O–H groups in total. The second-order valence-electron chi connectivity index (χ2n) is 8.97. The summed E-state index contributed by atoms with van der Waals surface area (Å²) in [5.41, 5.74) is 4.37. The first-order valence-electron chi connectivity index (χ1n) is 11.9. The van der Waals surface area contributed by atoms with E-state index in [-0.39, 0.29) is 17.6 Å². The van der Waals surface area contributed by atoms with Gasteiger partial charge in [-0.1, -0.05) is 12.1 Å². The normalized spacial score (nSPS) is 14.1. The number of ether oxygens (including phenoxy) is 2. The van der Waals surface area contributed by atoms with Gasteiger partial charge in [-0.05, 0) is 36.6 Å². The number of amides is 1. The van der Waals surface area contributed by atoms with E-state index < -0.39 is 0 Å². The zero-order valence-corrected chi connectivity index (χ0v) is 20.6. The molecule has 3 heterocycles. The first kappa shape index (κ1) is 23.5. The molecule has 0 saturated carbocycles. The van der Waals surface area contributed by atoms with E-state index in [0.29, 0.717) is 24.3 Å². The van der Waals surface area contributed by atoms with Gasteiger partial charge in [0.15, 0.2) is 5.65 Å². The van der Waals surface area contributed by atoms with Crippen molar-refractivity contribution in [1.29, 1.82) is 0 Å². The van der Waals surface area contributed by atoms with Gasteiger partial charge >= 0.3 is 5.69 Å². The van der Waals surface area contributed by atoms with Gasteiger partial charge in [-0.15, -0.1) is 0 Å². The molecule has 0 spiro atoms. The summed E-state index contributed by atoms with van der Waals surface area (Å²) in [5, 5.41) is 3.55. The van der Waals surface area contributed by atoms with E-state index in [2.05, 4.69) is 15.3 Å². The molecule has 1 aliphatic rings. The molecule has 1 saturated heterocycles. The largest absolute Gasteiger partial charge is 0.497 e. The molecular weight excluding hydrogens is 458 g/mol. The van der Waals surface area contributed by atoms with Crippen LogP contribution in [0.4, 0.5) is 5.69 Å². The summed E-state index contributed by atoms with van der Waals surface area (Å²) in [5.74, 6) is 1.48. The smallest absolute Gasteiger partial charge is 0.327 e. The Kier molecular flexibility index (Phi) is 6.37. The Morgan fingerprint density at radius 3 is 2.44 bits per heavy atom. The number of H-pyrrole nitrogens is 1. The highest BCUT2D eigenvalue weighted by Crippen LogP contribution is 2.28. The van der Waals surface area contributed by atoms with Crippen molar-refractivity contribution in [3.8, 4) is 22.6 Å². The Labute approximate surface area is 208 Å². The van der Waals surface area contributed by atoms with Gasteiger partial charge in [-0.25, -0.2) is 9.78 Å². The second kappa shape index (κ2) is 9.77. The minimum atomic E-state index is -0.206. The van der Waals surface area contributed by atoms with Crippen molar-refractivity contribution in [2.45, 2.75) is 18.9 Å². The minimum absolute atomic E-state index is 0.0152. The van der Waals surface area contributed by atoms with Crippen LogP contribution in [0.5, 0.6) is 11.5 Å². The molecule has 0 aliphatic carbocycles. The fraction of sp³-hybridized carbons (Fsp3) is 0.296. The standard InChI is InChI=1S/C27H29N5O4/c1-31-24-12-19(16-28-25(24)30-27(31)34)17-5-4-6-18(11-17)26(33)32-9-7-20(8-10-32)29-21-13-22(35-2)15-23(14-21)36-3/h4-6,11-16,20,29H,7-10H2,1-3H3,(H,28,30,34). The van der Waals surface area contributed by atoms with Crippen molar-refractivity contribution >= 4 is 22.8 Å². The average molecular weight is 488 g/mol. The van der Waals surface area contributed by atoms with E-state index >= 15 is 0 Å². The Bertz CT molecular complexity index is 1440. The summed E-state index contributed by atoms with van der Waals surface area (Å²) in [7, 11) is 4.97. The third-order valence-corrected chi connectivity index (χ3v) is 6.71. The van der Waals surface area contributed by atoms with Crippen molar-refractivity contribution in [2.75, 3.05) is 32.6 Å². The molecule has 36 heavy (non-hydrogen) atoms. The van der Waals surface area contributed by atoms with Crippen LogP contribution in [0, 0.1) is 0 Å². The fourth-order valence-electron chi connectivity index (χ4n) is 4.63. The van der Waals surface area contributed by atoms with Crippen LogP contribution in [0.2, 0.25) is 0 Å². The number of anilines is 1. The zero-order chi connectivity index (χ0) is 25.2. The van der Waals surface area contributed by atoms with Crippen LogP contribution < -0.4 is 20.5 Å². The molecular formula is C27H29N5O4. The fourth-order valence-corrected chi connectivity index (χ4v) is 4.63. The number of imidazole rings is 1. The third kappa shape index (κ3) is 4.64. The molecule has 2 aromatic carbocycles. The van der Waals surface area contributed by atoms with Crippen molar-refractivity contribution in [3.63, 3.8) is 0 Å². The monoisotopic (exact) mass is 487 g/mol. The number of hydrogen-bond acceptors (Lipinski definition) is 6. The quantitative estimate of drug-likeness (QED) is 0.430. The number of aromatic amines is 1. The number of rotatable bonds is 6.